The van der Waals surface area contributed by atoms with E-state index in [0.29, 0.717) is 0 Å². The molecule has 2 heterocycles. The summed E-state index contributed by atoms with van der Waals surface area (Å²) < 4.78 is 0. The molecule has 0 aliphatic carbocycles. The molecule has 2 aliphatic rings. The van der Waals surface area contributed by atoms with Crippen LogP contribution in [-0.2, 0) is 6.61 Å². The van der Waals surface area contributed by atoms with Gasteiger partial charge in [0.25, 0.3) is 0 Å². The lowest BCUT2D eigenvalue weighted by molar-refractivity contribution is 0.197. The van der Waals surface area contributed by atoms with Gasteiger partial charge in [0.1, 0.15) is 0 Å². The van der Waals surface area contributed by atoms with Gasteiger partial charge < -0.3 is 20.2 Å². The zero-order chi connectivity index (χ0) is 13.4. The van der Waals surface area contributed by atoms with Crippen molar-refractivity contribution in [1.29, 1.82) is 0 Å². The first-order valence-corrected chi connectivity index (χ1v) is 6.69. The lowest BCUT2D eigenvalue weighted by atomic mass is 10.1. The Balaban J connectivity index is 1.79. The largest absolute Gasteiger partial charge is 0.392 e. The van der Waals surface area contributed by atoms with Crippen molar-refractivity contribution in [2.24, 2.45) is 0 Å². The van der Waals surface area contributed by atoms with Gasteiger partial charge in [0.15, 0.2) is 0 Å². The molecular weight excluding hydrogens is 242 g/mol. The molecule has 5 nitrogen and oxygen atoms in total. The second-order valence-corrected chi connectivity index (χ2v) is 5.26. The Labute approximate surface area is 112 Å². The molecule has 0 saturated carbocycles. The fourth-order valence-corrected chi connectivity index (χ4v) is 2.99. The van der Waals surface area contributed by atoms with E-state index in [9.17, 15) is 4.79 Å². The van der Waals surface area contributed by atoms with Gasteiger partial charge in [-0.3, -0.25) is 0 Å². The molecule has 1 unspecified atom stereocenters. The number of hydrogen-bond donors (Lipinski definition) is 2. The number of anilines is 1. The van der Waals surface area contributed by atoms with Crippen LogP contribution in [0.1, 0.15) is 11.1 Å². The van der Waals surface area contributed by atoms with Gasteiger partial charge >= 0.3 is 6.03 Å². The van der Waals surface area contributed by atoms with Gasteiger partial charge in [0, 0.05) is 31.9 Å². The number of amides is 2. The van der Waals surface area contributed by atoms with Gasteiger partial charge in [0.2, 0.25) is 0 Å². The second kappa shape index (κ2) is 4.74. The molecule has 0 aromatic heterocycles. The standard InChI is InChI=1S/C14H19N3O2/c1-10-6-11(9-18)2-3-13(10)16-4-5-17-12(8-16)7-15-14(17)19/h2-3,6,12,18H,4-5,7-9H2,1H3,(H,15,19). The van der Waals surface area contributed by atoms with Gasteiger partial charge in [-0.1, -0.05) is 12.1 Å². The smallest absolute Gasteiger partial charge is 0.317 e. The number of nitrogens with zero attached hydrogens (tertiary/aromatic N) is 2. The van der Waals surface area contributed by atoms with Crippen molar-refractivity contribution in [3.05, 3.63) is 29.3 Å². The zero-order valence-electron chi connectivity index (χ0n) is 11.1. The molecule has 102 valence electrons. The third-order valence-corrected chi connectivity index (χ3v) is 4.02. The normalized spacial score (nSPS) is 22.4. The number of benzene rings is 1. The lowest BCUT2D eigenvalue weighted by Crippen LogP contribution is -2.52. The molecule has 2 saturated heterocycles. The fourth-order valence-electron chi connectivity index (χ4n) is 2.99. The van der Waals surface area contributed by atoms with Crippen molar-refractivity contribution in [2.45, 2.75) is 19.6 Å². The number of nitrogens with one attached hydrogen (secondary N) is 1. The summed E-state index contributed by atoms with van der Waals surface area (Å²) in [5.41, 5.74) is 3.33. The summed E-state index contributed by atoms with van der Waals surface area (Å²) in [6, 6.07) is 6.41. The molecular formula is C14H19N3O2. The minimum absolute atomic E-state index is 0.0667. The summed E-state index contributed by atoms with van der Waals surface area (Å²) in [6.07, 6.45) is 0. The minimum Gasteiger partial charge on any atom is -0.392 e. The highest BCUT2D eigenvalue weighted by Crippen LogP contribution is 2.25. The van der Waals surface area contributed by atoms with E-state index in [2.05, 4.69) is 23.2 Å². The number of urea groups is 1. The van der Waals surface area contributed by atoms with Crippen molar-refractivity contribution in [3.63, 3.8) is 0 Å². The Morgan fingerprint density at radius 2 is 2.26 bits per heavy atom. The highest BCUT2D eigenvalue weighted by Gasteiger charge is 2.35. The maximum Gasteiger partial charge on any atom is 0.317 e. The van der Waals surface area contributed by atoms with Crippen molar-refractivity contribution in [2.75, 3.05) is 31.1 Å². The van der Waals surface area contributed by atoms with Crippen LogP contribution < -0.4 is 10.2 Å². The van der Waals surface area contributed by atoms with Crippen molar-refractivity contribution < 1.29 is 9.90 Å². The summed E-state index contributed by atoms with van der Waals surface area (Å²) >= 11 is 0. The van der Waals surface area contributed by atoms with Crippen LogP contribution in [0, 0.1) is 6.92 Å². The van der Waals surface area contributed by atoms with Crippen LogP contribution in [0.2, 0.25) is 0 Å². The average Bonchev–Trinajstić information content (AvgIpc) is 2.79. The number of carbonyl (C=O) groups is 1. The topological polar surface area (TPSA) is 55.8 Å². The molecule has 3 rings (SSSR count). The van der Waals surface area contributed by atoms with Gasteiger partial charge in [-0.2, -0.15) is 0 Å². The van der Waals surface area contributed by atoms with E-state index < -0.39 is 0 Å². The van der Waals surface area contributed by atoms with Gasteiger partial charge in [-0.25, -0.2) is 4.79 Å². The maximum absolute atomic E-state index is 11.6. The Morgan fingerprint density at radius 1 is 1.42 bits per heavy atom. The first-order chi connectivity index (χ1) is 9.19. The number of hydrogen-bond acceptors (Lipinski definition) is 3. The van der Waals surface area contributed by atoms with Gasteiger partial charge in [0.05, 0.1) is 12.6 Å². The molecule has 1 aromatic carbocycles. The summed E-state index contributed by atoms with van der Waals surface area (Å²) in [5, 5.41) is 12.0. The predicted octanol–water partition coefficient (Wildman–Crippen LogP) is 0.701. The van der Waals surface area contributed by atoms with Crippen LogP contribution in [0.15, 0.2) is 18.2 Å². The van der Waals surface area contributed by atoms with Crippen LogP contribution >= 0.6 is 0 Å². The molecule has 2 amide bonds. The SMILES string of the molecule is Cc1cc(CO)ccc1N1CCN2C(=O)NCC2C1. The number of piperazine rings is 1. The number of fused-ring (bicyclic) bond motifs is 1. The lowest BCUT2D eigenvalue weighted by Gasteiger charge is -2.38. The van der Waals surface area contributed by atoms with Crippen LogP contribution in [0.25, 0.3) is 0 Å². The third-order valence-electron chi connectivity index (χ3n) is 4.02. The summed E-state index contributed by atoms with van der Waals surface area (Å²) in [7, 11) is 0. The van der Waals surface area contributed by atoms with Crippen molar-refractivity contribution >= 4 is 11.7 Å². The zero-order valence-corrected chi connectivity index (χ0v) is 11.1. The van der Waals surface area contributed by atoms with E-state index in [1.165, 1.54) is 11.3 Å². The molecule has 0 radical (unpaired) electrons. The number of rotatable bonds is 2. The number of carbonyl (C=O) groups excluding carboxylic acids is 1. The molecule has 5 heteroatoms. The van der Waals surface area contributed by atoms with Crippen molar-refractivity contribution in [1.82, 2.24) is 10.2 Å². The Bertz CT molecular complexity index is 503. The fraction of sp³-hybridized carbons (Fsp3) is 0.500. The van der Waals surface area contributed by atoms with Gasteiger partial charge in [-0.15, -0.1) is 0 Å². The Kier molecular flexibility index (Phi) is 3.06. The summed E-state index contributed by atoms with van der Waals surface area (Å²) in [6.45, 7) is 5.40. The molecule has 19 heavy (non-hydrogen) atoms. The highest BCUT2D eigenvalue weighted by atomic mass is 16.3. The summed E-state index contributed by atoms with van der Waals surface area (Å²) in [5.74, 6) is 0. The first kappa shape index (κ1) is 12.3. The van der Waals surface area contributed by atoms with Crippen LogP contribution in [-0.4, -0.2) is 48.3 Å². The second-order valence-electron chi connectivity index (χ2n) is 5.26. The van der Waals surface area contributed by atoms with E-state index in [1.807, 2.05) is 17.0 Å². The average molecular weight is 261 g/mol. The molecule has 2 aliphatic heterocycles. The van der Waals surface area contributed by atoms with E-state index in [4.69, 9.17) is 5.11 Å². The van der Waals surface area contributed by atoms with Crippen LogP contribution in [0.5, 0.6) is 0 Å². The molecule has 0 bridgehead atoms. The van der Waals surface area contributed by atoms with E-state index in [1.54, 1.807) is 0 Å². The molecule has 0 spiro atoms. The Morgan fingerprint density at radius 3 is 3.00 bits per heavy atom. The number of aryl methyl sites for hydroxylation is 1. The van der Waals surface area contributed by atoms with E-state index in [0.717, 1.165) is 31.7 Å². The number of aliphatic hydroxyl groups is 1. The van der Waals surface area contributed by atoms with E-state index >= 15 is 0 Å². The minimum atomic E-state index is 0.0667. The molecule has 2 fully saturated rings. The van der Waals surface area contributed by atoms with Crippen LogP contribution in [0.4, 0.5) is 10.5 Å². The Hall–Kier alpha value is -1.75. The van der Waals surface area contributed by atoms with Gasteiger partial charge in [-0.05, 0) is 24.1 Å². The molecule has 1 aromatic rings. The third kappa shape index (κ3) is 2.14. The number of aliphatic hydroxyl groups excluding tert-OH is 1. The quantitative estimate of drug-likeness (QED) is 0.824. The van der Waals surface area contributed by atoms with Crippen LogP contribution in [0.3, 0.4) is 0 Å². The van der Waals surface area contributed by atoms with E-state index in [-0.39, 0.29) is 18.7 Å². The highest BCUT2D eigenvalue weighted by molar-refractivity contribution is 5.77. The predicted molar refractivity (Wildman–Crippen MR) is 73.2 cm³/mol. The maximum atomic E-state index is 11.6. The molecule has 2 N–H and O–H groups in total. The first-order valence-electron chi connectivity index (χ1n) is 6.69. The monoisotopic (exact) mass is 261 g/mol. The molecule has 1 atom stereocenters. The summed E-state index contributed by atoms with van der Waals surface area (Å²) in [4.78, 5) is 15.8. The van der Waals surface area contributed by atoms with Crippen molar-refractivity contribution in [3.8, 4) is 0 Å².